The Kier molecular flexibility index (Phi) is 4.73. The van der Waals surface area contributed by atoms with Gasteiger partial charge in [-0.3, -0.25) is 0 Å². The number of aryl methyl sites for hydroxylation is 1. The number of nitrogens with two attached hydrogens (primary N) is 1. The highest BCUT2D eigenvalue weighted by Crippen LogP contribution is 2.13. The molecule has 0 atom stereocenters. The zero-order valence-electron chi connectivity index (χ0n) is 10.9. The normalized spacial score (nSPS) is 11.0. The average molecular weight is 255 g/mol. The van der Waals surface area contributed by atoms with Gasteiger partial charge in [0.1, 0.15) is 5.82 Å². The fourth-order valence-corrected chi connectivity index (χ4v) is 1.94. The molecule has 2 aromatic rings. The second kappa shape index (κ2) is 6.74. The summed E-state index contributed by atoms with van der Waals surface area (Å²) in [6.45, 7) is 0. The summed E-state index contributed by atoms with van der Waals surface area (Å²) in [5.74, 6) is -0.355. The molecule has 98 valence electrons. The summed E-state index contributed by atoms with van der Waals surface area (Å²) in [7, 11) is 0. The van der Waals surface area contributed by atoms with Crippen molar-refractivity contribution in [3.8, 4) is 0 Å². The van der Waals surface area contributed by atoms with E-state index >= 15 is 0 Å². The summed E-state index contributed by atoms with van der Waals surface area (Å²) >= 11 is 0. The SMILES string of the molecule is Nc1ccc(/C=C/CCCc2ccccc2)cc1F. The Bertz CT molecular complexity index is 546. The molecule has 0 unspecified atom stereocenters. The van der Waals surface area contributed by atoms with Crippen LogP contribution in [0.15, 0.2) is 54.6 Å². The Morgan fingerprint density at radius 3 is 2.58 bits per heavy atom. The third-order valence-corrected chi connectivity index (χ3v) is 3.01. The molecule has 0 bridgehead atoms. The van der Waals surface area contributed by atoms with Crippen LogP contribution in [-0.2, 0) is 6.42 Å². The number of nitrogen functional groups attached to an aromatic ring is 1. The van der Waals surface area contributed by atoms with Crippen LogP contribution in [0.2, 0.25) is 0 Å². The van der Waals surface area contributed by atoms with Crippen LogP contribution in [0.1, 0.15) is 24.0 Å². The number of benzene rings is 2. The van der Waals surface area contributed by atoms with Gasteiger partial charge in [-0.25, -0.2) is 4.39 Å². The number of anilines is 1. The molecule has 0 aliphatic rings. The Morgan fingerprint density at radius 2 is 1.84 bits per heavy atom. The van der Waals surface area contributed by atoms with E-state index in [2.05, 4.69) is 30.3 Å². The molecule has 0 radical (unpaired) electrons. The molecule has 0 saturated carbocycles. The molecular weight excluding hydrogens is 237 g/mol. The van der Waals surface area contributed by atoms with Gasteiger partial charge in [0.15, 0.2) is 0 Å². The monoisotopic (exact) mass is 255 g/mol. The third-order valence-electron chi connectivity index (χ3n) is 3.01. The zero-order valence-corrected chi connectivity index (χ0v) is 10.9. The van der Waals surface area contributed by atoms with Crippen molar-refractivity contribution in [2.24, 2.45) is 0 Å². The van der Waals surface area contributed by atoms with Gasteiger partial charge >= 0.3 is 0 Å². The predicted octanol–water partition coefficient (Wildman–Crippen LogP) is 4.44. The molecule has 2 heteroatoms. The highest BCUT2D eigenvalue weighted by atomic mass is 19.1. The van der Waals surface area contributed by atoms with E-state index in [4.69, 9.17) is 5.73 Å². The molecule has 0 aliphatic heterocycles. The predicted molar refractivity (Wildman–Crippen MR) is 79.2 cm³/mol. The molecule has 0 aliphatic carbocycles. The molecular formula is C17H18FN. The van der Waals surface area contributed by atoms with Crippen molar-refractivity contribution in [2.45, 2.75) is 19.3 Å². The lowest BCUT2D eigenvalue weighted by atomic mass is 10.1. The topological polar surface area (TPSA) is 26.0 Å². The molecule has 0 amide bonds. The first-order valence-electron chi connectivity index (χ1n) is 6.51. The summed E-state index contributed by atoms with van der Waals surface area (Å²) in [4.78, 5) is 0. The van der Waals surface area contributed by atoms with Crippen LogP contribution in [-0.4, -0.2) is 0 Å². The van der Waals surface area contributed by atoms with E-state index in [0.29, 0.717) is 0 Å². The average Bonchev–Trinajstić information content (AvgIpc) is 2.43. The summed E-state index contributed by atoms with van der Waals surface area (Å²) in [5.41, 5.74) is 7.84. The maximum atomic E-state index is 13.2. The van der Waals surface area contributed by atoms with Gasteiger partial charge in [-0.2, -0.15) is 0 Å². The lowest BCUT2D eigenvalue weighted by Crippen LogP contribution is -1.89. The van der Waals surface area contributed by atoms with Gasteiger partial charge in [0.25, 0.3) is 0 Å². The molecule has 2 rings (SSSR count). The molecule has 0 saturated heterocycles. The Hall–Kier alpha value is -2.09. The summed E-state index contributed by atoms with van der Waals surface area (Å²) in [6.07, 6.45) is 7.17. The molecule has 2 N–H and O–H groups in total. The lowest BCUT2D eigenvalue weighted by molar-refractivity contribution is 0.632. The van der Waals surface area contributed by atoms with Crippen LogP contribution in [0.4, 0.5) is 10.1 Å². The van der Waals surface area contributed by atoms with Crippen LogP contribution in [0.5, 0.6) is 0 Å². The first kappa shape index (κ1) is 13.3. The Labute approximate surface area is 113 Å². The van der Waals surface area contributed by atoms with Gasteiger partial charge in [-0.05, 0) is 42.5 Å². The summed E-state index contributed by atoms with van der Waals surface area (Å²) < 4.78 is 13.2. The smallest absolute Gasteiger partial charge is 0.146 e. The van der Waals surface area contributed by atoms with E-state index in [-0.39, 0.29) is 11.5 Å². The molecule has 19 heavy (non-hydrogen) atoms. The number of hydrogen-bond acceptors (Lipinski definition) is 1. The highest BCUT2D eigenvalue weighted by molar-refractivity contribution is 5.54. The van der Waals surface area contributed by atoms with E-state index in [1.807, 2.05) is 18.2 Å². The van der Waals surface area contributed by atoms with Crippen molar-refractivity contribution in [1.29, 1.82) is 0 Å². The number of hydrogen-bond donors (Lipinski definition) is 1. The van der Waals surface area contributed by atoms with Crippen molar-refractivity contribution >= 4 is 11.8 Å². The molecule has 1 nitrogen and oxygen atoms in total. The van der Waals surface area contributed by atoms with E-state index in [1.165, 1.54) is 11.6 Å². The van der Waals surface area contributed by atoms with Gasteiger partial charge in [0.05, 0.1) is 5.69 Å². The number of rotatable bonds is 5. The maximum Gasteiger partial charge on any atom is 0.146 e. The molecule has 0 spiro atoms. The first-order valence-corrected chi connectivity index (χ1v) is 6.51. The molecule has 0 fully saturated rings. The van der Waals surface area contributed by atoms with Crippen LogP contribution in [0, 0.1) is 5.82 Å². The van der Waals surface area contributed by atoms with Crippen molar-refractivity contribution < 1.29 is 4.39 Å². The van der Waals surface area contributed by atoms with Crippen LogP contribution < -0.4 is 5.73 Å². The first-order chi connectivity index (χ1) is 9.25. The van der Waals surface area contributed by atoms with E-state index in [0.717, 1.165) is 24.8 Å². The van der Waals surface area contributed by atoms with Gasteiger partial charge < -0.3 is 5.73 Å². The molecule has 2 aromatic carbocycles. The fourth-order valence-electron chi connectivity index (χ4n) is 1.94. The molecule has 0 heterocycles. The minimum Gasteiger partial charge on any atom is -0.396 e. The second-order valence-electron chi connectivity index (χ2n) is 4.56. The largest absolute Gasteiger partial charge is 0.396 e. The van der Waals surface area contributed by atoms with Crippen molar-refractivity contribution in [3.63, 3.8) is 0 Å². The fraction of sp³-hybridized carbons (Fsp3) is 0.176. The number of unbranched alkanes of at least 4 members (excludes halogenated alkanes) is 1. The zero-order chi connectivity index (χ0) is 13.5. The van der Waals surface area contributed by atoms with Crippen molar-refractivity contribution in [3.05, 3.63) is 71.6 Å². The van der Waals surface area contributed by atoms with E-state index in [9.17, 15) is 4.39 Å². The number of halogens is 1. The summed E-state index contributed by atoms with van der Waals surface area (Å²) in [6, 6.07) is 15.3. The van der Waals surface area contributed by atoms with Crippen LogP contribution in [0.3, 0.4) is 0 Å². The third kappa shape index (κ3) is 4.25. The minimum absolute atomic E-state index is 0.196. The van der Waals surface area contributed by atoms with Crippen molar-refractivity contribution in [1.82, 2.24) is 0 Å². The minimum atomic E-state index is -0.355. The highest BCUT2D eigenvalue weighted by Gasteiger charge is 1.96. The second-order valence-corrected chi connectivity index (χ2v) is 4.56. The van der Waals surface area contributed by atoms with E-state index in [1.54, 1.807) is 6.07 Å². The van der Waals surface area contributed by atoms with Gasteiger partial charge in [-0.1, -0.05) is 48.6 Å². The Balaban J connectivity index is 1.79. The quantitative estimate of drug-likeness (QED) is 0.620. The Morgan fingerprint density at radius 1 is 1.05 bits per heavy atom. The van der Waals surface area contributed by atoms with Gasteiger partial charge in [0.2, 0.25) is 0 Å². The van der Waals surface area contributed by atoms with Crippen LogP contribution in [0.25, 0.3) is 6.08 Å². The lowest BCUT2D eigenvalue weighted by Gasteiger charge is -1.99. The van der Waals surface area contributed by atoms with E-state index < -0.39 is 0 Å². The summed E-state index contributed by atoms with van der Waals surface area (Å²) in [5, 5.41) is 0. The number of allylic oxidation sites excluding steroid dienone is 1. The molecule has 0 aromatic heterocycles. The standard InChI is InChI=1S/C17H18FN/c18-16-13-15(11-12-17(16)19)10-6-2-5-9-14-7-3-1-4-8-14/h1,3-4,6-8,10-13H,2,5,9,19H2/b10-6+. The van der Waals surface area contributed by atoms with Gasteiger partial charge in [0, 0.05) is 0 Å². The van der Waals surface area contributed by atoms with Gasteiger partial charge in [-0.15, -0.1) is 0 Å². The maximum absolute atomic E-state index is 13.2. The van der Waals surface area contributed by atoms with Crippen molar-refractivity contribution in [2.75, 3.05) is 5.73 Å². The van der Waals surface area contributed by atoms with Crippen LogP contribution >= 0.6 is 0 Å².